The van der Waals surface area contributed by atoms with Crippen LogP contribution in [-0.4, -0.2) is 28.6 Å². The summed E-state index contributed by atoms with van der Waals surface area (Å²) in [5, 5.41) is 0. The fourth-order valence-corrected chi connectivity index (χ4v) is 4.37. The number of hydrogen-bond acceptors (Lipinski definition) is 4. The molecule has 2 aromatic carbocycles. The van der Waals surface area contributed by atoms with E-state index >= 15 is 0 Å². The summed E-state index contributed by atoms with van der Waals surface area (Å²) < 4.78 is 3.14. The first kappa shape index (κ1) is 16.5. The molecule has 3 aromatic rings. The Balaban J connectivity index is 1.56. The monoisotopic (exact) mass is 406 g/mol. The van der Waals surface area contributed by atoms with Gasteiger partial charge in [0, 0.05) is 18.1 Å². The maximum Gasteiger partial charge on any atom is 0.233 e. The number of para-hydroxylation sites is 1. The predicted octanol–water partition coefficient (Wildman–Crippen LogP) is 4.81. The van der Waals surface area contributed by atoms with E-state index in [9.17, 15) is 4.79 Å². The molecule has 0 aliphatic heterocycles. The van der Waals surface area contributed by atoms with Crippen LogP contribution >= 0.6 is 39.0 Å². The minimum Gasteiger partial charge on any atom is -0.341 e. The zero-order valence-corrected chi connectivity index (χ0v) is 15.7. The van der Waals surface area contributed by atoms with Crippen LogP contribution in [0.4, 0.5) is 0 Å². The van der Waals surface area contributed by atoms with Gasteiger partial charge in [-0.2, -0.15) is 0 Å². The molecule has 3 nitrogen and oxygen atoms in total. The molecule has 0 radical (unpaired) electrons. The average Bonchev–Trinajstić information content (AvgIpc) is 2.97. The summed E-state index contributed by atoms with van der Waals surface area (Å²) in [5.74, 6) is 0.518. The van der Waals surface area contributed by atoms with Gasteiger partial charge in [-0.1, -0.05) is 52.0 Å². The van der Waals surface area contributed by atoms with E-state index in [-0.39, 0.29) is 5.91 Å². The number of halogens is 1. The number of carbonyl (C=O) groups is 1. The number of thioether (sulfide) groups is 1. The Morgan fingerprint density at radius 3 is 2.70 bits per heavy atom. The summed E-state index contributed by atoms with van der Waals surface area (Å²) in [6.07, 6.45) is 0. The number of thiazole rings is 1. The lowest BCUT2D eigenvalue weighted by atomic mass is 10.2. The third kappa shape index (κ3) is 4.34. The van der Waals surface area contributed by atoms with Crippen LogP contribution in [0.3, 0.4) is 0 Å². The second-order valence-corrected chi connectivity index (χ2v) is 8.28. The molecule has 0 atom stereocenters. The standard InChI is InChI=1S/C17H15BrN2OS2/c1-20(10-12-6-8-13(18)9-7-12)16(21)11-22-17-19-14-4-2-3-5-15(14)23-17/h2-9H,10-11H2,1H3. The van der Waals surface area contributed by atoms with E-state index in [1.54, 1.807) is 16.2 Å². The molecule has 0 spiro atoms. The highest BCUT2D eigenvalue weighted by Gasteiger charge is 2.12. The molecule has 1 heterocycles. The molecule has 0 aliphatic carbocycles. The molecule has 3 rings (SSSR count). The zero-order chi connectivity index (χ0) is 16.2. The van der Waals surface area contributed by atoms with Gasteiger partial charge < -0.3 is 4.90 Å². The Bertz CT molecular complexity index is 784. The minimum atomic E-state index is 0.108. The Morgan fingerprint density at radius 2 is 1.96 bits per heavy atom. The van der Waals surface area contributed by atoms with E-state index in [1.165, 1.54) is 11.8 Å². The van der Waals surface area contributed by atoms with Crippen molar-refractivity contribution in [1.29, 1.82) is 0 Å². The summed E-state index contributed by atoms with van der Waals surface area (Å²) in [7, 11) is 1.84. The molecule has 1 aromatic heterocycles. The van der Waals surface area contributed by atoms with Crippen LogP contribution in [0.15, 0.2) is 57.3 Å². The number of hydrogen-bond donors (Lipinski definition) is 0. The van der Waals surface area contributed by atoms with Gasteiger partial charge in [0.2, 0.25) is 5.91 Å². The summed E-state index contributed by atoms with van der Waals surface area (Å²) in [6.45, 7) is 0.618. The van der Waals surface area contributed by atoms with Crippen LogP contribution in [-0.2, 0) is 11.3 Å². The van der Waals surface area contributed by atoms with Crippen molar-refractivity contribution in [2.24, 2.45) is 0 Å². The first-order chi connectivity index (χ1) is 11.1. The van der Waals surface area contributed by atoms with Crippen molar-refractivity contribution in [2.45, 2.75) is 10.9 Å². The maximum atomic E-state index is 12.3. The number of fused-ring (bicyclic) bond motifs is 1. The second kappa shape index (κ2) is 7.47. The van der Waals surface area contributed by atoms with E-state index in [2.05, 4.69) is 27.0 Å². The summed E-state index contributed by atoms with van der Waals surface area (Å²) in [4.78, 5) is 18.6. The van der Waals surface area contributed by atoms with Crippen molar-refractivity contribution in [3.63, 3.8) is 0 Å². The summed E-state index contributed by atoms with van der Waals surface area (Å²) in [5.41, 5.74) is 2.12. The number of amides is 1. The highest BCUT2D eigenvalue weighted by atomic mass is 79.9. The number of aromatic nitrogens is 1. The highest BCUT2D eigenvalue weighted by molar-refractivity contribution is 9.10. The lowest BCUT2D eigenvalue weighted by Gasteiger charge is -2.16. The Kier molecular flexibility index (Phi) is 5.35. The summed E-state index contributed by atoms with van der Waals surface area (Å²) in [6, 6.07) is 16.1. The van der Waals surface area contributed by atoms with Crippen molar-refractivity contribution >= 4 is 55.2 Å². The van der Waals surface area contributed by atoms with Gasteiger partial charge in [0.05, 0.1) is 16.0 Å². The van der Waals surface area contributed by atoms with E-state index in [0.717, 1.165) is 24.6 Å². The number of nitrogens with zero attached hydrogens (tertiary/aromatic N) is 2. The molecule has 0 saturated heterocycles. The van der Waals surface area contributed by atoms with Crippen LogP contribution in [0.5, 0.6) is 0 Å². The first-order valence-electron chi connectivity index (χ1n) is 7.08. The minimum absolute atomic E-state index is 0.108. The van der Waals surface area contributed by atoms with Crippen LogP contribution < -0.4 is 0 Å². The smallest absolute Gasteiger partial charge is 0.233 e. The van der Waals surface area contributed by atoms with E-state index in [4.69, 9.17) is 0 Å². The van der Waals surface area contributed by atoms with Gasteiger partial charge >= 0.3 is 0 Å². The van der Waals surface area contributed by atoms with Gasteiger partial charge in [-0.3, -0.25) is 4.79 Å². The van der Waals surface area contributed by atoms with Crippen molar-refractivity contribution < 1.29 is 4.79 Å². The third-order valence-electron chi connectivity index (χ3n) is 3.35. The van der Waals surface area contributed by atoms with Gasteiger partial charge in [-0.25, -0.2) is 4.98 Å². The Labute approximate surface area is 151 Å². The fourth-order valence-electron chi connectivity index (χ4n) is 2.10. The predicted molar refractivity (Wildman–Crippen MR) is 101 cm³/mol. The molecule has 118 valence electrons. The molecular weight excluding hydrogens is 392 g/mol. The zero-order valence-electron chi connectivity index (χ0n) is 12.5. The molecular formula is C17H15BrN2OS2. The fraction of sp³-hybridized carbons (Fsp3) is 0.176. The van der Waals surface area contributed by atoms with Crippen LogP contribution in [0.1, 0.15) is 5.56 Å². The van der Waals surface area contributed by atoms with Gasteiger partial charge in [-0.05, 0) is 29.8 Å². The van der Waals surface area contributed by atoms with E-state index in [0.29, 0.717) is 12.3 Å². The van der Waals surface area contributed by atoms with Crippen molar-refractivity contribution in [2.75, 3.05) is 12.8 Å². The van der Waals surface area contributed by atoms with Gasteiger partial charge in [-0.15, -0.1) is 11.3 Å². The Hall–Kier alpha value is -1.37. The maximum absolute atomic E-state index is 12.3. The van der Waals surface area contributed by atoms with Crippen LogP contribution in [0.2, 0.25) is 0 Å². The van der Waals surface area contributed by atoms with Gasteiger partial charge in [0.15, 0.2) is 4.34 Å². The molecule has 0 N–H and O–H groups in total. The average molecular weight is 407 g/mol. The third-order valence-corrected chi connectivity index (χ3v) is 6.04. The van der Waals surface area contributed by atoms with Crippen LogP contribution in [0.25, 0.3) is 10.2 Å². The lowest BCUT2D eigenvalue weighted by Crippen LogP contribution is -2.27. The molecule has 0 saturated carbocycles. The molecule has 0 fully saturated rings. The first-order valence-corrected chi connectivity index (χ1v) is 9.68. The normalized spacial score (nSPS) is 10.9. The van der Waals surface area contributed by atoms with Crippen molar-refractivity contribution in [1.82, 2.24) is 9.88 Å². The van der Waals surface area contributed by atoms with Gasteiger partial charge in [0.1, 0.15) is 0 Å². The number of carbonyl (C=O) groups excluding carboxylic acids is 1. The lowest BCUT2D eigenvalue weighted by molar-refractivity contribution is -0.127. The number of rotatable bonds is 5. The molecule has 0 bridgehead atoms. The molecule has 1 amide bonds. The van der Waals surface area contributed by atoms with Gasteiger partial charge in [0.25, 0.3) is 0 Å². The van der Waals surface area contributed by atoms with E-state index in [1.807, 2.05) is 49.5 Å². The number of benzene rings is 2. The van der Waals surface area contributed by atoms with Crippen molar-refractivity contribution in [3.8, 4) is 0 Å². The molecule has 0 aliphatic rings. The second-order valence-electron chi connectivity index (χ2n) is 5.11. The molecule has 23 heavy (non-hydrogen) atoms. The van der Waals surface area contributed by atoms with E-state index < -0.39 is 0 Å². The largest absolute Gasteiger partial charge is 0.341 e. The topological polar surface area (TPSA) is 33.2 Å². The molecule has 6 heteroatoms. The SMILES string of the molecule is CN(Cc1ccc(Br)cc1)C(=O)CSc1nc2ccccc2s1. The summed E-state index contributed by atoms with van der Waals surface area (Å²) >= 11 is 6.55. The van der Waals surface area contributed by atoms with Crippen molar-refractivity contribution in [3.05, 3.63) is 58.6 Å². The Morgan fingerprint density at radius 1 is 1.22 bits per heavy atom. The molecule has 0 unspecified atom stereocenters. The van der Waals surface area contributed by atoms with Crippen LogP contribution in [0, 0.1) is 0 Å². The quantitative estimate of drug-likeness (QED) is 0.569. The highest BCUT2D eigenvalue weighted by Crippen LogP contribution is 2.29.